The van der Waals surface area contributed by atoms with Crippen LogP contribution in [0.25, 0.3) is 0 Å². The smallest absolute Gasteiger partial charge is 0.416 e. The number of nitrogens with one attached hydrogen (secondary N) is 1. The highest BCUT2D eigenvalue weighted by Crippen LogP contribution is 2.32. The fourth-order valence-corrected chi connectivity index (χ4v) is 2.82. The van der Waals surface area contributed by atoms with E-state index in [1.165, 1.54) is 0 Å². The summed E-state index contributed by atoms with van der Waals surface area (Å²) < 4.78 is 51.7. The first-order chi connectivity index (χ1) is 11.7. The van der Waals surface area contributed by atoms with Crippen LogP contribution in [-0.2, 0) is 22.3 Å². The molecule has 1 aromatic rings. The SMILES string of the molecule is Cl.O=C(CN1CCCC(C(=O)O)C1)NCc1ccc(F)cc1C(F)(F)F. The van der Waals surface area contributed by atoms with Crippen molar-refractivity contribution in [2.24, 2.45) is 5.92 Å². The second-order valence-electron chi connectivity index (χ2n) is 5.99. The van der Waals surface area contributed by atoms with Crippen molar-refractivity contribution in [2.45, 2.75) is 25.6 Å². The highest BCUT2D eigenvalue weighted by molar-refractivity contribution is 5.85. The maximum Gasteiger partial charge on any atom is 0.416 e. The standard InChI is InChI=1S/C16H18F4N2O3.ClH/c17-12-4-3-10(13(6-12)16(18,19)20)7-21-14(23)9-22-5-1-2-11(8-22)15(24)25;/h3-4,6,11H,1-2,5,7-9H2,(H,21,23)(H,24,25);1H. The summed E-state index contributed by atoms with van der Waals surface area (Å²) in [5.41, 5.74) is -1.36. The van der Waals surface area contributed by atoms with Crippen LogP contribution in [0, 0.1) is 11.7 Å². The van der Waals surface area contributed by atoms with E-state index in [-0.39, 0.29) is 37.6 Å². The van der Waals surface area contributed by atoms with Crippen molar-refractivity contribution < 1.29 is 32.3 Å². The van der Waals surface area contributed by atoms with Gasteiger partial charge in [0.2, 0.25) is 5.91 Å². The number of carbonyl (C=O) groups excluding carboxylic acids is 1. The predicted octanol–water partition coefficient (Wildman–Crippen LogP) is 2.68. The van der Waals surface area contributed by atoms with E-state index >= 15 is 0 Å². The van der Waals surface area contributed by atoms with Crippen molar-refractivity contribution in [1.29, 1.82) is 0 Å². The summed E-state index contributed by atoms with van der Waals surface area (Å²) in [5.74, 6) is -2.99. The van der Waals surface area contributed by atoms with Crippen molar-refractivity contribution in [1.82, 2.24) is 10.2 Å². The number of rotatable bonds is 5. The third kappa shape index (κ3) is 6.14. The molecule has 0 aliphatic carbocycles. The zero-order chi connectivity index (χ0) is 18.6. The molecule has 1 heterocycles. The van der Waals surface area contributed by atoms with Crippen LogP contribution in [0.1, 0.15) is 24.0 Å². The van der Waals surface area contributed by atoms with E-state index in [4.69, 9.17) is 5.11 Å². The minimum Gasteiger partial charge on any atom is -0.481 e. The molecule has 0 aromatic heterocycles. The van der Waals surface area contributed by atoms with Gasteiger partial charge in [0.1, 0.15) is 5.82 Å². The lowest BCUT2D eigenvalue weighted by atomic mass is 9.98. The second-order valence-corrected chi connectivity index (χ2v) is 5.99. The molecule has 1 fully saturated rings. The zero-order valence-corrected chi connectivity index (χ0v) is 14.5. The van der Waals surface area contributed by atoms with E-state index in [9.17, 15) is 27.2 Å². The Hall–Kier alpha value is -1.87. The number of nitrogens with zero attached hydrogens (tertiary/aromatic N) is 1. The molecule has 1 saturated heterocycles. The van der Waals surface area contributed by atoms with Gasteiger partial charge in [0.05, 0.1) is 18.0 Å². The molecule has 0 radical (unpaired) electrons. The highest BCUT2D eigenvalue weighted by atomic mass is 35.5. The maximum absolute atomic E-state index is 13.0. The van der Waals surface area contributed by atoms with Crippen LogP contribution in [0.3, 0.4) is 0 Å². The molecule has 1 aliphatic rings. The molecule has 146 valence electrons. The fraction of sp³-hybridized carbons (Fsp3) is 0.500. The maximum atomic E-state index is 13.0. The molecule has 5 nitrogen and oxygen atoms in total. The van der Waals surface area contributed by atoms with Crippen LogP contribution < -0.4 is 5.32 Å². The first-order valence-electron chi connectivity index (χ1n) is 7.74. The van der Waals surface area contributed by atoms with Crippen LogP contribution >= 0.6 is 12.4 Å². The average Bonchev–Trinajstić information content (AvgIpc) is 2.53. The third-order valence-corrected chi connectivity index (χ3v) is 4.08. The molecule has 1 aliphatic heterocycles. The summed E-state index contributed by atoms with van der Waals surface area (Å²) >= 11 is 0. The molecule has 0 spiro atoms. The zero-order valence-electron chi connectivity index (χ0n) is 13.7. The summed E-state index contributed by atoms with van der Waals surface area (Å²) in [6.45, 7) is 0.311. The van der Waals surface area contributed by atoms with Crippen molar-refractivity contribution >= 4 is 24.3 Å². The second kappa shape index (κ2) is 9.18. The third-order valence-electron chi connectivity index (χ3n) is 4.08. The van der Waals surface area contributed by atoms with E-state index in [0.717, 1.165) is 12.1 Å². The van der Waals surface area contributed by atoms with Crippen LogP contribution in [0.15, 0.2) is 18.2 Å². The number of amides is 1. The van der Waals surface area contributed by atoms with Gasteiger partial charge in [-0.1, -0.05) is 6.07 Å². The molecule has 1 aromatic carbocycles. The largest absolute Gasteiger partial charge is 0.481 e. The lowest BCUT2D eigenvalue weighted by Gasteiger charge is -2.29. The molecular weight excluding hydrogens is 380 g/mol. The molecule has 0 bridgehead atoms. The van der Waals surface area contributed by atoms with Gasteiger partial charge >= 0.3 is 12.1 Å². The molecule has 2 rings (SSSR count). The van der Waals surface area contributed by atoms with E-state index in [0.29, 0.717) is 25.5 Å². The fourth-order valence-electron chi connectivity index (χ4n) is 2.82. The number of likely N-dealkylation sites (tertiary alicyclic amines) is 1. The molecule has 1 amide bonds. The summed E-state index contributed by atoms with van der Waals surface area (Å²) in [6.07, 6.45) is -3.54. The number of aliphatic carboxylic acids is 1. The summed E-state index contributed by atoms with van der Waals surface area (Å²) in [6, 6.07) is 2.28. The van der Waals surface area contributed by atoms with Gasteiger partial charge in [-0.3, -0.25) is 14.5 Å². The number of halogens is 5. The summed E-state index contributed by atoms with van der Waals surface area (Å²) in [5, 5.41) is 11.4. The van der Waals surface area contributed by atoms with E-state index in [1.54, 1.807) is 4.90 Å². The average molecular weight is 399 g/mol. The quantitative estimate of drug-likeness (QED) is 0.748. The molecule has 1 unspecified atom stereocenters. The molecular formula is C16H19ClF4N2O3. The number of hydrogen-bond donors (Lipinski definition) is 2. The Morgan fingerprint density at radius 2 is 2.00 bits per heavy atom. The lowest BCUT2D eigenvalue weighted by molar-refractivity contribution is -0.144. The Kier molecular flexibility index (Phi) is 7.83. The summed E-state index contributed by atoms with van der Waals surface area (Å²) in [4.78, 5) is 24.6. The first-order valence-corrected chi connectivity index (χ1v) is 7.74. The normalized spacial score (nSPS) is 18.1. The predicted molar refractivity (Wildman–Crippen MR) is 87.3 cm³/mol. The molecule has 1 atom stereocenters. The van der Waals surface area contributed by atoms with Crippen molar-refractivity contribution in [2.75, 3.05) is 19.6 Å². The van der Waals surface area contributed by atoms with Crippen molar-refractivity contribution in [3.8, 4) is 0 Å². The van der Waals surface area contributed by atoms with E-state index in [1.807, 2.05) is 0 Å². The minimum absolute atomic E-state index is 0. The van der Waals surface area contributed by atoms with Gasteiger partial charge in [0.25, 0.3) is 0 Å². The Morgan fingerprint density at radius 1 is 1.31 bits per heavy atom. The molecule has 10 heteroatoms. The van der Waals surface area contributed by atoms with Crippen LogP contribution in [0.5, 0.6) is 0 Å². The van der Waals surface area contributed by atoms with Gasteiger partial charge in [0.15, 0.2) is 0 Å². The molecule has 0 saturated carbocycles. The van der Waals surface area contributed by atoms with Gasteiger partial charge in [-0.15, -0.1) is 12.4 Å². The Labute approximate surface area is 153 Å². The number of carboxylic acid groups (broad SMARTS) is 1. The first kappa shape index (κ1) is 22.2. The van der Waals surface area contributed by atoms with E-state index < -0.39 is 35.4 Å². The van der Waals surface area contributed by atoms with Crippen molar-refractivity contribution in [3.63, 3.8) is 0 Å². The van der Waals surface area contributed by atoms with Gasteiger partial charge in [-0.25, -0.2) is 4.39 Å². The van der Waals surface area contributed by atoms with Crippen LogP contribution in [0.4, 0.5) is 17.6 Å². The van der Waals surface area contributed by atoms with Gasteiger partial charge in [-0.05, 0) is 37.1 Å². The highest BCUT2D eigenvalue weighted by Gasteiger charge is 2.34. The minimum atomic E-state index is -4.72. The number of alkyl halides is 3. The number of piperidine rings is 1. The van der Waals surface area contributed by atoms with Gasteiger partial charge in [0, 0.05) is 13.1 Å². The van der Waals surface area contributed by atoms with Crippen LogP contribution in [-0.4, -0.2) is 41.5 Å². The number of carboxylic acids is 1. The Balaban J connectivity index is 0.00000338. The van der Waals surface area contributed by atoms with Gasteiger partial charge < -0.3 is 10.4 Å². The van der Waals surface area contributed by atoms with Crippen molar-refractivity contribution in [3.05, 3.63) is 35.1 Å². The lowest BCUT2D eigenvalue weighted by Crippen LogP contribution is -2.44. The monoisotopic (exact) mass is 398 g/mol. The Morgan fingerprint density at radius 3 is 2.62 bits per heavy atom. The van der Waals surface area contributed by atoms with E-state index in [2.05, 4.69) is 5.32 Å². The number of hydrogen-bond acceptors (Lipinski definition) is 3. The topological polar surface area (TPSA) is 69.6 Å². The van der Waals surface area contributed by atoms with Crippen LogP contribution in [0.2, 0.25) is 0 Å². The number of carbonyl (C=O) groups is 2. The van der Waals surface area contributed by atoms with Gasteiger partial charge in [-0.2, -0.15) is 13.2 Å². The molecule has 26 heavy (non-hydrogen) atoms. The molecule has 2 N–H and O–H groups in total. The Bertz CT molecular complexity index is 655. The number of benzene rings is 1. The summed E-state index contributed by atoms with van der Waals surface area (Å²) in [7, 11) is 0.